The summed E-state index contributed by atoms with van der Waals surface area (Å²) in [7, 11) is 1.76. The number of hydrogen-bond acceptors (Lipinski definition) is 5. The predicted molar refractivity (Wildman–Crippen MR) is 122 cm³/mol. The van der Waals surface area contributed by atoms with Crippen molar-refractivity contribution in [3.8, 4) is 0 Å². The largest absolute Gasteiger partial charge is 0.382 e. The fourth-order valence-electron chi connectivity index (χ4n) is 3.16. The molecule has 2 aromatic carbocycles. The van der Waals surface area contributed by atoms with E-state index in [1.807, 2.05) is 62.4 Å². The summed E-state index contributed by atoms with van der Waals surface area (Å²) < 4.78 is 7.08. The van der Waals surface area contributed by atoms with Crippen molar-refractivity contribution in [3.63, 3.8) is 0 Å². The fourth-order valence-corrected chi connectivity index (χ4v) is 4.19. The molecule has 30 heavy (non-hydrogen) atoms. The van der Waals surface area contributed by atoms with Gasteiger partial charge in [0.2, 0.25) is 5.91 Å². The van der Waals surface area contributed by atoms with Crippen LogP contribution in [0.5, 0.6) is 0 Å². The SMILES string of the molecule is CCOCCCn1c(S[C@@H](C)C(=O)N(C)c2ccccc2)nc2ccccc2c1=O. The molecule has 0 saturated carbocycles. The minimum Gasteiger partial charge on any atom is -0.382 e. The second kappa shape index (κ2) is 10.4. The highest BCUT2D eigenvalue weighted by atomic mass is 32.2. The average Bonchev–Trinajstić information content (AvgIpc) is 2.78. The van der Waals surface area contributed by atoms with Crippen molar-refractivity contribution in [2.75, 3.05) is 25.2 Å². The summed E-state index contributed by atoms with van der Waals surface area (Å²) >= 11 is 1.31. The van der Waals surface area contributed by atoms with Crippen LogP contribution in [0.4, 0.5) is 5.69 Å². The Morgan fingerprint density at radius 2 is 1.87 bits per heavy atom. The molecular weight excluding hydrogens is 398 g/mol. The minimum atomic E-state index is -0.401. The van der Waals surface area contributed by atoms with Gasteiger partial charge in [0.25, 0.3) is 5.56 Å². The van der Waals surface area contributed by atoms with Crippen LogP contribution in [0.3, 0.4) is 0 Å². The summed E-state index contributed by atoms with van der Waals surface area (Å²) in [6.07, 6.45) is 0.702. The second-order valence-electron chi connectivity index (χ2n) is 6.91. The van der Waals surface area contributed by atoms with Gasteiger partial charge in [0, 0.05) is 32.5 Å². The van der Waals surface area contributed by atoms with Gasteiger partial charge < -0.3 is 9.64 Å². The molecule has 158 valence electrons. The van der Waals surface area contributed by atoms with Gasteiger partial charge in [-0.3, -0.25) is 14.2 Å². The van der Waals surface area contributed by atoms with E-state index in [2.05, 4.69) is 0 Å². The molecule has 0 aliphatic rings. The summed E-state index contributed by atoms with van der Waals surface area (Å²) in [6.45, 7) is 5.50. The first-order chi connectivity index (χ1) is 14.5. The average molecular weight is 426 g/mol. The Hall–Kier alpha value is -2.64. The van der Waals surface area contributed by atoms with Crippen LogP contribution in [0.1, 0.15) is 20.3 Å². The topological polar surface area (TPSA) is 64.4 Å². The highest BCUT2D eigenvalue weighted by Gasteiger charge is 2.23. The quantitative estimate of drug-likeness (QED) is 0.295. The van der Waals surface area contributed by atoms with Crippen LogP contribution >= 0.6 is 11.8 Å². The summed E-state index contributed by atoms with van der Waals surface area (Å²) in [5.74, 6) is -0.0468. The molecule has 0 unspecified atom stereocenters. The molecule has 0 spiro atoms. The molecular formula is C23H27N3O3S. The van der Waals surface area contributed by atoms with Crippen LogP contribution in [0, 0.1) is 0 Å². The van der Waals surface area contributed by atoms with Gasteiger partial charge in [-0.2, -0.15) is 0 Å². The van der Waals surface area contributed by atoms with E-state index in [0.29, 0.717) is 42.2 Å². The highest BCUT2D eigenvalue weighted by molar-refractivity contribution is 8.00. The maximum Gasteiger partial charge on any atom is 0.262 e. The van der Waals surface area contributed by atoms with Crippen LogP contribution < -0.4 is 10.5 Å². The van der Waals surface area contributed by atoms with E-state index in [9.17, 15) is 9.59 Å². The second-order valence-corrected chi connectivity index (χ2v) is 8.22. The van der Waals surface area contributed by atoms with Crippen molar-refractivity contribution in [1.82, 2.24) is 9.55 Å². The Bertz CT molecular complexity index is 1050. The van der Waals surface area contributed by atoms with E-state index in [1.165, 1.54) is 11.8 Å². The normalized spacial score (nSPS) is 12.1. The van der Waals surface area contributed by atoms with Gasteiger partial charge >= 0.3 is 0 Å². The van der Waals surface area contributed by atoms with Gasteiger partial charge in [-0.1, -0.05) is 42.1 Å². The van der Waals surface area contributed by atoms with Gasteiger partial charge in [0.05, 0.1) is 16.2 Å². The molecule has 3 aromatic rings. The maximum absolute atomic E-state index is 13.1. The summed E-state index contributed by atoms with van der Waals surface area (Å²) in [5.41, 5.74) is 1.38. The molecule has 7 heteroatoms. The lowest BCUT2D eigenvalue weighted by Crippen LogP contribution is -2.34. The number of benzene rings is 2. The van der Waals surface area contributed by atoms with Crippen LogP contribution in [0.2, 0.25) is 0 Å². The predicted octanol–water partition coefficient (Wildman–Crippen LogP) is 3.97. The van der Waals surface area contributed by atoms with Crippen molar-refractivity contribution in [1.29, 1.82) is 0 Å². The van der Waals surface area contributed by atoms with E-state index in [1.54, 1.807) is 22.6 Å². The smallest absolute Gasteiger partial charge is 0.262 e. The number of nitrogens with zero attached hydrogens (tertiary/aromatic N) is 3. The third-order valence-electron chi connectivity index (χ3n) is 4.81. The molecule has 0 radical (unpaired) electrons. The van der Waals surface area contributed by atoms with Gasteiger partial charge in [-0.15, -0.1) is 0 Å². The maximum atomic E-state index is 13.1. The van der Waals surface area contributed by atoms with Crippen LogP contribution in [-0.2, 0) is 16.1 Å². The number of para-hydroxylation sites is 2. The summed E-state index contributed by atoms with van der Waals surface area (Å²) in [5, 5.41) is 0.734. The first-order valence-corrected chi connectivity index (χ1v) is 11.0. The zero-order chi connectivity index (χ0) is 21.5. The fraction of sp³-hybridized carbons (Fsp3) is 0.348. The Balaban J connectivity index is 1.87. The zero-order valence-electron chi connectivity index (χ0n) is 17.6. The van der Waals surface area contributed by atoms with Crippen LogP contribution in [0.15, 0.2) is 64.5 Å². The Labute approximate surface area is 180 Å². The van der Waals surface area contributed by atoms with E-state index in [4.69, 9.17) is 9.72 Å². The van der Waals surface area contributed by atoms with Crippen LogP contribution in [-0.4, -0.2) is 41.0 Å². The van der Waals surface area contributed by atoms with Gasteiger partial charge in [0.15, 0.2) is 5.16 Å². The first kappa shape index (κ1) is 22.1. The molecule has 0 N–H and O–H groups in total. The lowest BCUT2D eigenvalue weighted by molar-refractivity contribution is -0.117. The molecule has 0 aliphatic heterocycles. The van der Waals surface area contributed by atoms with Crippen LogP contribution in [0.25, 0.3) is 10.9 Å². The van der Waals surface area contributed by atoms with Gasteiger partial charge in [0.1, 0.15) is 0 Å². The van der Waals surface area contributed by atoms with Crippen molar-refractivity contribution in [2.45, 2.75) is 37.2 Å². The molecule has 1 amide bonds. The number of hydrogen-bond donors (Lipinski definition) is 0. The number of amides is 1. The monoisotopic (exact) mass is 425 g/mol. The third-order valence-corrected chi connectivity index (χ3v) is 5.88. The Kier molecular flexibility index (Phi) is 7.65. The van der Waals surface area contributed by atoms with E-state index in [0.717, 1.165) is 5.69 Å². The van der Waals surface area contributed by atoms with Gasteiger partial charge in [-0.05, 0) is 44.5 Å². The van der Waals surface area contributed by atoms with E-state index < -0.39 is 5.25 Å². The molecule has 1 heterocycles. The standard InChI is InChI=1S/C23H27N3O3S/c1-4-29-16-10-15-26-22(28)19-13-8-9-14-20(19)24-23(26)30-17(2)21(27)25(3)18-11-6-5-7-12-18/h5-9,11-14,17H,4,10,15-16H2,1-3H3/t17-/m0/s1. The summed E-state index contributed by atoms with van der Waals surface area (Å²) in [4.78, 5) is 32.4. The van der Waals surface area contributed by atoms with Gasteiger partial charge in [-0.25, -0.2) is 4.98 Å². The molecule has 0 saturated heterocycles. The lowest BCUT2D eigenvalue weighted by atomic mass is 10.2. The number of ether oxygens (including phenoxy) is 1. The number of rotatable bonds is 9. The number of thioether (sulfide) groups is 1. The number of fused-ring (bicyclic) bond motifs is 1. The highest BCUT2D eigenvalue weighted by Crippen LogP contribution is 2.25. The molecule has 0 aliphatic carbocycles. The Morgan fingerprint density at radius 3 is 2.60 bits per heavy atom. The molecule has 0 fully saturated rings. The number of carbonyl (C=O) groups excluding carboxylic acids is 1. The Morgan fingerprint density at radius 1 is 1.17 bits per heavy atom. The molecule has 0 bridgehead atoms. The van der Waals surface area contributed by atoms with Crippen molar-refractivity contribution < 1.29 is 9.53 Å². The lowest BCUT2D eigenvalue weighted by Gasteiger charge is -2.22. The van der Waals surface area contributed by atoms with Crippen molar-refractivity contribution in [2.24, 2.45) is 0 Å². The van der Waals surface area contributed by atoms with Crippen molar-refractivity contribution in [3.05, 3.63) is 65.0 Å². The number of carbonyl (C=O) groups is 1. The molecule has 3 rings (SSSR count). The van der Waals surface area contributed by atoms with Crippen molar-refractivity contribution >= 4 is 34.3 Å². The summed E-state index contributed by atoms with van der Waals surface area (Å²) in [6, 6.07) is 16.8. The third kappa shape index (κ3) is 5.09. The first-order valence-electron chi connectivity index (χ1n) is 10.1. The number of anilines is 1. The molecule has 6 nitrogen and oxygen atoms in total. The minimum absolute atomic E-state index is 0.0468. The number of aromatic nitrogens is 2. The van der Waals surface area contributed by atoms with E-state index >= 15 is 0 Å². The molecule has 1 aromatic heterocycles. The molecule has 1 atom stereocenters. The zero-order valence-corrected chi connectivity index (χ0v) is 18.4. The van der Waals surface area contributed by atoms with E-state index in [-0.39, 0.29) is 11.5 Å².